The lowest BCUT2D eigenvalue weighted by atomic mass is 10.1. The van der Waals surface area contributed by atoms with Crippen LogP contribution in [0.25, 0.3) is 6.08 Å². The third-order valence-electron chi connectivity index (χ3n) is 5.99. The normalized spacial score (nSPS) is 14.4. The van der Waals surface area contributed by atoms with Crippen LogP contribution < -0.4 is 10.2 Å². The third kappa shape index (κ3) is 7.28. The van der Waals surface area contributed by atoms with Crippen molar-refractivity contribution in [3.8, 4) is 0 Å². The van der Waals surface area contributed by atoms with Crippen molar-refractivity contribution in [3.63, 3.8) is 0 Å². The minimum absolute atomic E-state index is 0.101. The molecule has 1 fully saturated rings. The summed E-state index contributed by atoms with van der Waals surface area (Å²) in [4.78, 5) is 15.2. The standard InChI is InChI=1S/C28H31N3O3S/c32-28(29-26-14-16-27(17-15-26)30-19-8-3-9-20-30)23-31(22-25-12-6-2-7-13-25)35(33,34)21-18-24-10-4-1-5-11-24/h1-2,4-7,10-18,21H,3,8-9,19-20,22-23H2,(H,29,32)/b21-18+. The van der Waals surface area contributed by atoms with Crippen LogP contribution in [0.15, 0.2) is 90.3 Å². The molecule has 0 atom stereocenters. The molecule has 6 nitrogen and oxygen atoms in total. The number of piperidine rings is 1. The van der Waals surface area contributed by atoms with Crippen LogP contribution in [-0.2, 0) is 21.4 Å². The van der Waals surface area contributed by atoms with Crippen LogP contribution in [0.2, 0.25) is 0 Å². The highest BCUT2D eigenvalue weighted by molar-refractivity contribution is 7.92. The van der Waals surface area contributed by atoms with Crippen molar-refractivity contribution in [3.05, 3.63) is 101 Å². The molecule has 0 aromatic heterocycles. The van der Waals surface area contributed by atoms with Crippen molar-refractivity contribution in [2.24, 2.45) is 0 Å². The Morgan fingerprint density at radius 2 is 1.49 bits per heavy atom. The van der Waals surface area contributed by atoms with E-state index in [9.17, 15) is 13.2 Å². The summed E-state index contributed by atoms with van der Waals surface area (Å²) in [6.07, 6.45) is 5.21. The summed E-state index contributed by atoms with van der Waals surface area (Å²) in [5.41, 5.74) is 3.37. The van der Waals surface area contributed by atoms with E-state index in [0.717, 1.165) is 35.3 Å². The summed E-state index contributed by atoms with van der Waals surface area (Å²) in [6, 6.07) is 26.2. The summed E-state index contributed by atoms with van der Waals surface area (Å²) in [7, 11) is -3.84. The number of nitrogens with zero attached hydrogens (tertiary/aromatic N) is 2. The van der Waals surface area contributed by atoms with Crippen LogP contribution in [0.3, 0.4) is 0 Å². The van der Waals surface area contributed by atoms with Crippen molar-refractivity contribution in [1.29, 1.82) is 0 Å². The van der Waals surface area contributed by atoms with Crippen molar-refractivity contribution in [1.82, 2.24) is 4.31 Å². The molecule has 1 amide bonds. The van der Waals surface area contributed by atoms with Gasteiger partial charge >= 0.3 is 0 Å². The second-order valence-electron chi connectivity index (χ2n) is 8.65. The van der Waals surface area contributed by atoms with Gasteiger partial charge in [0.25, 0.3) is 0 Å². The quantitative estimate of drug-likeness (QED) is 0.453. The van der Waals surface area contributed by atoms with E-state index in [1.54, 1.807) is 6.08 Å². The topological polar surface area (TPSA) is 69.7 Å². The summed E-state index contributed by atoms with van der Waals surface area (Å²) in [5, 5.41) is 4.01. The van der Waals surface area contributed by atoms with Crippen LogP contribution in [0.1, 0.15) is 30.4 Å². The number of carbonyl (C=O) groups is 1. The number of sulfonamides is 1. The van der Waals surface area contributed by atoms with Crippen molar-refractivity contribution >= 4 is 33.4 Å². The van der Waals surface area contributed by atoms with Crippen LogP contribution in [0.4, 0.5) is 11.4 Å². The van der Waals surface area contributed by atoms with Gasteiger partial charge in [-0.15, -0.1) is 0 Å². The average molecular weight is 490 g/mol. The number of hydrogen-bond donors (Lipinski definition) is 1. The molecular weight excluding hydrogens is 458 g/mol. The van der Waals surface area contributed by atoms with Gasteiger partial charge in [0, 0.05) is 36.4 Å². The Morgan fingerprint density at radius 3 is 2.14 bits per heavy atom. The summed E-state index contributed by atoms with van der Waals surface area (Å²) < 4.78 is 27.5. The Labute approximate surface area is 207 Å². The zero-order valence-electron chi connectivity index (χ0n) is 19.7. The van der Waals surface area contributed by atoms with E-state index in [4.69, 9.17) is 0 Å². The van der Waals surface area contributed by atoms with E-state index in [2.05, 4.69) is 10.2 Å². The fraction of sp³-hybridized carbons (Fsp3) is 0.250. The Hall–Kier alpha value is -3.42. The summed E-state index contributed by atoms with van der Waals surface area (Å²) in [5.74, 6) is -0.386. The highest BCUT2D eigenvalue weighted by atomic mass is 32.2. The van der Waals surface area contributed by atoms with Crippen LogP contribution in [-0.4, -0.2) is 38.3 Å². The Morgan fingerprint density at radius 1 is 0.857 bits per heavy atom. The molecule has 0 aliphatic carbocycles. The molecule has 1 N–H and O–H groups in total. The van der Waals surface area contributed by atoms with Crippen LogP contribution in [0, 0.1) is 0 Å². The molecule has 0 saturated carbocycles. The first-order chi connectivity index (χ1) is 17.0. The maximum absolute atomic E-state index is 13.2. The molecule has 1 aliphatic heterocycles. The average Bonchev–Trinajstić information content (AvgIpc) is 2.89. The van der Waals surface area contributed by atoms with Gasteiger partial charge in [0.2, 0.25) is 15.9 Å². The van der Waals surface area contributed by atoms with Gasteiger partial charge < -0.3 is 10.2 Å². The number of hydrogen-bond acceptors (Lipinski definition) is 4. The van der Waals surface area contributed by atoms with E-state index in [1.165, 1.54) is 23.6 Å². The second kappa shape index (κ2) is 11.8. The molecule has 1 aliphatic rings. The maximum atomic E-state index is 13.2. The first kappa shape index (κ1) is 24.7. The number of carbonyl (C=O) groups excluding carboxylic acids is 1. The van der Waals surface area contributed by atoms with Gasteiger partial charge in [-0.3, -0.25) is 4.79 Å². The zero-order chi connectivity index (χ0) is 24.5. The number of benzene rings is 3. The van der Waals surface area contributed by atoms with Gasteiger partial charge in [0.1, 0.15) is 0 Å². The van der Waals surface area contributed by atoms with E-state index in [-0.39, 0.29) is 19.0 Å². The minimum atomic E-state index is -3.84. The van der Waals surface area contributed by atoms with Gasteiger partial charge in [0.05, 0.1) is 6.54 Å². The Kier molecular flexibility index (Phi) is 8.34. The fourth-order valence-electron chi connectivity index (χ4n) is 4.11. The smallest absolute Gasteiger partial charge is 0.239 e. The predicted octanol–water partition coefficient (Wildman–Crippen LogP) is 5.12. The lowest BCUT2D eigenvalue weighted by Crippen LogP contribution is -2.36. The molecule has 1 saturated heterocycles. The molecule has 1 heterocycles. The largest absolute Gasteiger partial charge is 0.372 e. The van der Waals surface area contributed by atoms with Gasteiger partial charge in [-0.25, -0.2) is 8.42 Å². The molecule has 0 radical (unpaired) electrons. The van der Waals surface area contributed by atoms with Crippen LogP contribution in [0.5, 0.6) is 0 Å². The van der Waals surface area contributed by atoms with E-state index in [1.807, 2.05) is 84.9 Å². The van der Waals surface area contributed by atoms with E-state index < -0.39 is 10.0 Å². The van der Waals surface area contributed by atoms with E-state index >= 15 is 0 Å². The SMILES string of the molecule is O=C(CN(Cc1ccccc1)S(=O)(=O)/C=C/c1ccccc1)Nc1ccc(N2CCCCC2)cc1. The molecule has 0 unspecified atom stereocenters. The number of amides is 1. The maximum Gasteiger partial charge on any atom is 0.239 e. The van der Waals surface area contributed by atoms with Gasteiger partial charge in [-0.05, 0) is 60.7 Å². The molecular formula is C28H31N3O3S. The molecule has 35 heavy (non-hydrogen) atoms. The summed E-state index contributed by atoms with van der Waals surface area (Å²) in [6.45, 7) is 1.91. The molecule has 3 aromatic carbocycles. The Bertz CT molecular complexity index is 1220. The molecule has 4 rings (SSSR count). The lowest BCUT2D eigenvalue weighted by Gasteiger charge is -2.28. The molecule has 7 heteroatoms. The van der Waals surface area contributed by atoms with E-state index in [0.29, 0.717) is 5.69 Å². The molecule has 3 aromatic rings. The predicted molar refractivity (Wildman–Crippen MR) is 142 cm³/mol. The fourth-order valence-corrected chi connectivity index (χ4v) is 5.23. The van der Waals surface area contributed by atoms with Gasteiger partial charge in [0.15, 0.2) is 0 Å². The third-order valence-corrected chi connectivity index (χ3v) is 7.44. The lowest BCUT2D eigenvalue weighted by molar-refractivity contribution is -0.116. The molecule has 182 valence electrons. The second-order valence-corrected chi connectivity index (χ2v) is 10.5. The number of rotatable bonds is 9. The number of anilines is 2. The first-order valence-corrected chi connectivity index (χ1v) is 13.4. The van der Waals surface area contributed by atoms with Crippen molar-refractivity contribution < 1.29 is 13.2 Å². The minimum Gasteiger partial charge on any atom is -0.372 e. The monoisotopic (exact) mass is 489 g/mol. The highest BCUT2D eigenvalue weighted by Crippen LogP contribution is 2.22. The molecule has 0 spiro atoms. The Balaban J connectivity index is 1.46. The number of nitrogens with one attached hydrogen (secondary N) is 1. The first-order valence-electron chi connectivity index (χ1n) is 11.9. The van der Waals surface area contributed by atoms with Crippen molar-refractivity contribution in [2.45, 2.75) is 25.8 Å². The summed E-state index contributed by atoms with van der Waals surface area (Å²) >= 11 is 0. The van der Waals surface area contributed by atoms with Crippen molar-refractivity contribution in [2.75, 3.05) is 29.9 Å². The molecule has 0 bridgehead atoms. The van der Waals surface area contributed by atoms with Gasteiger partial charge in [-0.2, -0.15) is 4.31 Å². The van der Waals surface area contributed by atoms with Crippen LogP contribution >= 0.6 is 0 Å². The van der Waals surface area contributed by atoms with Gasteiger partial charge in [-0.1, -0.05) is 60.7 Å². The highest BCUT2D eigenvalue weighted by Gasteiger charge is 2.23. The zero-order valence-corrected chi connectivity index (χ0v) is 20.5.